The number of hydrogen-bond donors (Lipinski definition) is 2. The van der Waals surface area contributed by atoms with E-state index >= 15 is 0 Å². The third-order valence-corrected chi connectivity index (χ3v) is 6.86. The van der Waals surface area contributed by atoms with Crippen molar-refractivity contribution in [3.8, 4) is 17.0 Å². The number of benzene rings is 4. The normalized spacial score (nSPS) is 10.9. The second-order valence-corrected chi connectivity index (χ2v) is 10.1. The number of nitrogens with zero attached hydrogens (tertiary/aromatic N) is 2. The van der Waals surface area contributed by atoms with Gasteiger partial charge < -0.3 is 10.1 Å². The van der Waals surface area contributed by atoms with Gasteiger partial charge in [0.15, 0.2) is 5.13 Å². The van der Waals surface area contributed by atoms with E-state index in [-0.39, 0.29) is 5.91 Å². The highest BCUT2D eigenvalue weighted by Gasteiger charge is 2.09. The number of hydrazone groups is 1. The Labute approximate surface area is 236 Å². The average molecular weight is 553 g/mol. The summed E-state index contributed by atoms with van der Waals surface area (Å²) in [6, 6.07) is 30.4. The van der Waals surface area contributed by atoms with Crippen LogP contribution in [0.3, 0.4) is 0 Å². The van der Waals surface area contributed by atoms with Gasteiger partial charge in [0.05, 0.1) is 11.9 Å². The first-order valence-corrected chi connectivity index (χ1v) is 13.5. The maximum absolute atomic E-state index is 12.6. The summed E-state index contributed by atoms with van der Waals surface area (Å²) in [7, 11) is 0. The van der Waals surface area contributed by atoms with Crippen molar-refractivity contribution in [3.05, 3.63) is 130 Å². The first-order chi connectivity index (χ1) is 19.0. The van der Waals surface area contributed by atoms with Crippen LogP contribution in [0.2, 0.25) is 5.02 Å². The molecule has 0 bridgehead atoms. The molecule has 6 nitrogen and oxygen atoms in total. The van der Waals surface area contributed by atoms with E-state index in [4.69, 9.17) is 16.3 Å². The minimum Gasteiger partial charge on any atom is -0.488 e. The minimum absolute atomic E-state index is 0.308. The Morgan fingerprint density at radius 1 is 0.974 bits per heavy atom. The molecule has 39 heavy (non-hydrogen) atoms. The number of carbonyl (C=O) groups is 1. The predicted octanol–water partition coefficient (Wildman–Crippen LogP) is 7.86. The highest BCUT2D eigenvalue weighted by molar-refractivity contribution is 7.14. The van der Waals surface area contributed by atoms with Gasteiger partial charge in [-0.25, -0.2) is 10.4 Å². The van der Waals surface area contributed by atoms with Gasteiger partial charge in [0.1, 0.15) is 12.4 Å². The molecule has 8 heteroatoms. The van der Waals surface area contributed by atoms with Crippen molar-refractivity contribution in [1.29, 1.82) is 0 Å². The van der Waals surface area contributed by atoms with Crippen LogP contribution < -0.4 is 15.5 Å². The van der Waals surface area contributed by atoms with Crippen molar-refractivity contribution in [1.82, 2.24) is 10.4 Å². The quantitative estimate of drug-likeness (QED) is 0.144. The number of aromatic nitrogens is 1. The number of anilines is 2. The third kappa shape index (κ3) is 7.10. The fourth-order valence-corrected chi connectivity index (χ4v) is 4.57. The highest BCUT2D eigenvalue weighted by Crippen LogP contribution is 2.27. The SMILES string of the molecule is Cc1ccc(Nc2nc(-c3ccc(C(=O)N/N=C\c4ccccc4OCc4ccc(Cl)cc4)cc3)cs2)cc1. The topological polar surface area (TPSA) is 75.6 Å². The van der Waals surface area contributed by atoms with Gasteiger partial charge in [0.25, 0.3) is 5.91 Å². The highest BCUT2D eigenvalue weighted by atomic mass is 35.5. The molecule has 0 aliphatic heterocycles. The molecule has 0 atom stereocenters. The van der Waals surface area contributed by atoms with Crippen molar-refractivity contribution in [3.63, 3.8) is 0 Å². The lowest BCUT2D eigenvalue weighted by Gasteiger charge is -2.09. The van der Waals surface area contributed by atoms with E-state index in [2.05, 4.69) is 39.9 Å². The zero-order valence-corrected chi connectivity index (χ0v) is 22.7. The summed E-state index contributed by atoms with van der Waals surface area (Å²) in [4.78, 5) is 17.3. The maximum Gasteiger partial charge on any atom is 0.271 e. The molecule has 4 aromatic carbocycles. The number of amides is 1. The van der Waals surface area contributed by atoms with Crippen LogP contribution in [0.1, 0.15) is 27.0 Å². The van der Waals surface area contributed by atoms with Crippen LogP contribution >= 0.6 is 22.9 Å². The van der Waals surface area contributed by atoms with Gasteiger partial charge in [-0.1, -0.05) is 65.7 Å². The monoisotopic (exact) mass is 552 g/mol. The third-order valence-electron chi connectivity index (χ3n) is 5.85. The van der Waals surface area contributed by atoms with Crippen LogP contribution in [0.4, 0.5) is 10.8 Å². The van der Waals surface area contributed by atoms with Gasteiger partial charge in [-0.05, 0) is 61.0 Å². The number of rotatable bonds is 9. The van der Waals surface area contributed by atoms with Gasteiger partial charge in [-0.3, -0.25) is 4.79 Å². The van der Waals surface area contributed by atoms with Crippen molar-refractivity contribution in [2.45, 2.75) is 13.5 Å². The summed E-state index contributed by atoms with van der Waals surface area (Å²) in [5.74, 6) is 0.353. The molecule has 1 heterocycles. The number of hydrogen-bond acceptors (Lipinski definition) is 6. The Morgan fingerprint density at radius 3 is 2.49 bits per heavy atom. The van der Waals surface area contributed by atoms with Crippen LogP contribution in [0.15, 0.2) is 108 Å². The van der Waals surface area contributed by atoms with Gasteiger partial charge in [-0.15, -0.1) is 11.3 Å². The zero-order valence-electron chi connectivity index (χ0n) is 21.1. The van der Waals surface area contributed by atoms with Crippen LogP contribution in [0, 0.1) is 6.92 Å². The van der Waals surface area contributed by atoms with E-state index in [9.17, 15) is 4.79 Å². The summed E-state index contributed by atoms with van der Waals surface area (Å²) in [5, 5.41) is 10.9. The molecule has 0 radical (unpaired) electrons. The Balaban J connectivity index is 1.17. The van der Waals surface area contributed by atoms with E-state index in [1.165, 1.54) is 16.9 Å². The summed E-state index contributed by atoms with van der Waals surface area (Å²) in [6.45, 7) is 2.45. The largest absolute Gasteiger partial charge is 0.488 e. The molecule has 0 saturated carbocycles. The second-order valence-electron chi connectivity index (χ2n) is 8.76. The lowest BCUT2D eigenvalue weighted by Crippen LogP contribution is -2.17. The van der Waals surface area contributed by atoms with Crippen molar-refractivity contribution in [2.24, 2.45) is 5.10 Å². The Bertz CT molecular complexity index is 1580. The Hall–Kier alpha value is -4.46. The number of halogens is 1. The zero-order chi connectivity index (χ0) is 27.0. The van der Waals surface area contributed by atoms with Crippen LogP contribution in [-0.4, -0.2) is 17.1 Å². The minimum atomic E-state index is -0.308. The molecule has 0 saturated heterocycles. The van der Waals surface area contributed by atoms with E-state index < -0.39 is 0 Å². The lowest BCUT2D eigenvalue weighted by molar-refractivity contribution is 0.0955. The molecule has 0 aliphatic carbocycles. The summed E-state index contributed by atoms with van der Waals surface area (Å²) >= 11 is 7.48. The van der Waals surface area contributed by atoms with E-state index in [0.29, 0.717) is 22.9 Å². The average Bonchev–Trinajstić information content (AvgIpc) is 3.43. The lowest BCUT2D eigenvalue weighted by atomic mass is 10.1. The molecule has 5 rings (SSSR count). The van der Waals surface area contributed by atoms with E-state index in [0.717, 1.165) is 33.2 Å². The fraction of sp³-hybridized carbons (Fsp3) is 0.0645. The standard InChI is InChI=1S/C31H25ClN4O2S/c1-21-6-16-27(17-7-21)34-31-35-28(20-39-31)23-10-12-24(13-11-23)30(37)36-33-18-25-4-2-3-5-29(25)38-19-22-8-14-26(32)15-9-22/h2-18,20H,19H2,1H3,(H,34,35)(H,36,37)/b33-18-. The van der Waals surface area contributed by atoms with Crippen molar-refractivity contribution in [2.75, 3.05) is 5.32 Å². The molecule has 2 N–H and O–H groups in total. The number of para-hydroxylation sites is 1. The molecule has 0 fully saturated rings. The number of nitrogens with one attached hydrogen (secondary N) is 2. The van der Waals surface area contributed by atoms with Crippen molar-refractivity contribution < 1.29 is 9.53 Å². The molecule has 1 aromatic heterocycles. The summed E-state index contributed by atoms with van der Waals surface area (Å²) in [5.41, 5.74) is 8.80. The molecular weight excluding hydrogens is 528 g/mol. The van der Waals surface area contributed by atoms with Gasteiger partial charge >= 0.3 is 0 Å². The Kier molecular flexibility index (Phi) is 8.31. The van der Waals surface area contributed by atoms with Gasteiger partial charge in [0, 0.05) is 32.8 Å². The Morgan fingerprint density at radius 2 is 1.72 bits per heavy atom. The molecule has 0 aliphatic rings. The first-order valence-electron chi connectivity index (χ1n) is 12.2. The number of aryl methyl sites for hydroxylation is 1. The number of carbonyl (C=O) groups excluding carboxylic acids is 1. The molecule has 0 spiro atoms. The van der Waals surface area contributed by atoms with Crippen LogP contribution in [0.5, 0.6) is 5.75 Å². The predicted molar refractivity (Wildman–Crippen MR) is 159 cm³/mol. The molecule has 5 aromatic rings. The molecule has 0 unspecified atom stereocenters. The van der Waals surface area contributed by atoms with Gasteiger partial charge in [-0.2, -0.15) is 5.10 Å². The smallest absolute Gasteiger partial charge is 0.271 e. The summed E-state index contributed by atoms with van der Waals surface area (Å²) in [6.07, 6.45) is 1.57. The van der Waals surface area contributed by atoms with Crippen LogP contribution in [-0.2, 0) is 6.61 Å². The number of ether oxygens (including phenoxy) is 1. The van der Waals surface area contributed by atoms with Gasteiger partial charge in [0.2, 0.25) is 0 Å². The molecule has 194 valence electrons. The van der Waals surface area contributed by atoms with Crippen molar-refractivity contribution >= 4 is 45.9 Å². The molecule has 1 amide bonds. The second kappa shape index (κ2) is 12.4. The summed E-state index contributed by atoms with van der Waals surface area (Å²) < 4.78 is 5.94. The van der Waals surface area contributed by atoms with Crippen LogP contribution in [0.25, 0.3) is 11.3 Å². The maximum atomic E-state index is 12.6. The molecular formula is C31H25ClN4O2S. The van der Waals surface area contributed by atoms with E-state index in [1.54, 1.807) is 18.3 Å². The number of thiazole rings is 1. The first kappa shape index (κ1) is 26.2. The fourth-order valence-electron chi connectivity index (χ4n) is 3.70. The van der Waals surface area contributed by atoms with E-state index in [1.807, 2.05) is 78.2 Å².